The zero-order chi connectivity index (χ0) is 9.97. The zero-order valence-corrected chi connectivity index (χ0v) is 8.74. The molecule has 2 rings (SSSR count). The minimum Gasteiger partial charge on any atom is -0.323 e. The van der Waals surface area contributed by atoms with Gasteiger partial charge in [-0.3, -0.25) is 0 Å². The summed E-state index contributed by atoms with van der Waals surface area (Å²) in [6.45, 7) is 5.56. The van der Waals surface area contributed by atoms with Crippen molar-refractivity contribution in [3.63, 3.8) is 0 Å². The molecule has 2 heteroatoms. The highest BCUT2D eigenvalue weighted by Gasteiger charge is 2.17. The van der Waals surface area contributed by atoms with Crippen molar-refractivity contribution in [2.75, 3.05) is 19.6 Å². The molecule has 0 bridgehead atoms. The summed E-state index contributed by atoms with van der Waals surface area (Å²) in [5.74, 6) is 0. The van der Waals surface area contributed by atoms with Crippen LogP contribution in [-0.4, -0.2) is 24.5 Å². The van der Waals surface area contributed by atoms with Crippen LogP contribution in [0.2, 0.25) is 0 Å². The van der Waals surface area contributed by atoms with Crippen molar-refractivity contribution in [2.24, 2.45) is 5.73 Å². The third-order valence-electron chi connectivity index (χ3n) is 2.87. The summed E-state index contributed by atoms with van der Waals surface area (Å²) in [6, 6.07) is 8.68. The zero-order valence-electron chi connectivity index (χ0n) is 8.74. The van der Waals surface area contributed by atoms with Crippen LogP contribution in [0.4, 0.5) is 0 Å². The van der Waals surface area contributed by atoms with Crippen molar-refractivity contribution in [3.8, 4) is 0 Å². The van der Waals surface area contributed by atoms with Crippen molar-refractivity contribution in [3.05, 3.63) is 35.4 Å². The highest BCUT2D eigenvalue weighted by Crippen LogP contribution is 2.16. The Balaban J connectivity index is 1.98. The summed E-state index contributed by atoms with van der Waals surface area (Å²) >= 11 is 0. The smallest absolute Gasteiger partial charge is 0.0424 e. The minimum absolute atomic E-state index is 0.176. The fraction of sp³-hybridized carbons (Fsp3) is 0.500. The molecule has 2 nitrogen and oxygen atoms in total. The first-order valence-corrected chi connectivity index (χ1v) is 5.30. The Labute approximate surface area is 85.7 Å². The first kappa shape index (κ1) is 9.69. The maximum atomic E-state index is 6.13. The highest BCUT2D eigenvalue weighted by atomic mass is 15.2. The number of nitrogens with two attached hydrogens (primary N) is 1. The van der Waals surface area contributed by atoms with E-state index in [1.54, 1.807) is 0 Å². The van der Waals surface area contributed by atoms with Crippen LogP contribution < -0.4 is 5.73 Å². The van der Waals surface area contributed by atoms with Gasteiger partial charge in [0, 0.05) is 12.6 Å². The number of aryl methyl sites for hydroxylation is 1. The fourth-order valence-electron chi connectivity index (χ4n) is 1.85. The van der Waals surface area contributed by atoms with Crippen molar-refractivity contribution in [2.45, 2.75) is 19.4 Å². The molecule has 1 fully saturated rings. The Hall–Kier alpha value is -0.860. The van der Waals surface area contributed by atoms with E-state index in [1.807, 2.05) is 0 Å². The molecule has 1 unspecified atom stereocenters. The lowest BCUT2D eigenvalue weighted by Crippen LogP contribution is -2.41. The molecule has 1 aliphatic rings. The van der Waals surface area contributed by atoms with Gasteiger partial charge in [0.25, 0.3) is 0 Å². The quantitative estimate of drug-likeness (QED) is 0.786. The van der Waals surface area contributed by atoms with Crippen molar-refractivity contribution >= 4 is 0 Å². The van der Waals surface area contributed by atoms with E-state index in [9.17, 15) is 0 Å². The first-order valence-electron chi connectivity index (χ1n) is 5.30. The lowest BCUT2D eigenvalue weighted by molar-refractivity contribution is 0.170. The van der Waals surface area contributed by atoms with Gasteiger partial charge in [-0.1, -0.05) is 29.8 Å². The van der Waals surface area contributed by atoms with Crippen LogP contribution in [0.5, 0.6) is 0 Å². The molecule has 1 aromatic rings. The molecule has 0 aromatic heterocycles. The molecule has 0 aliphatic carbocycles. The highest BCUT2D eigenvalue weighted by molar-refractivity contribution is 5.25. The summed E-state index contributed by atoms with van der Waals surface area (Å²) in [6.07, 6.45) is 1.33. The number of hydrogen-bond donors (Lipinski definition) is 1. The van der Waals surface area contributed by atoms with E-state index in [1.165, 1.54) is 30.6 Å². The van der Waals surface area contributed by atoms with Gasteiger partial charge >= 0.3 is 0 Å². The van der Waals surface area contributed by atoms with E-state index in [2.05, 4.69) is 36.1 Å². The monoisotopic (exact) mass is 190 g/mol. The molecule has 0 spiro atoms. The van der Waals surface area contributed by atoms with Gasteiger partial charge < -0.3 is 10.6 Å². The van der Waals surface area contributed by atoms with Crippen LogP contribution >= 0.6 is 0 Å². The standard InChI is InChI=1S/C12H18N2/c1-10-4-2-5-11(8-10)12(13)9-14-6-3-7-14/h2,4-5,8,12H,3,6-7,9,13H2,1H3. The molecular formula is C12H18N2. The molecular weight excluding hydrogens is 172 g/mol. The maximum Gasteiger partial charge on any atom is 0.0424 e. The number of benzene rings is 1. The largest absolute Gasteiger partial charge is 0.323 e. The second-order valence-electron chi connectivity index (χ2n) is 4.17. The van der Waals surface area contributed by atoms with Crippen molar-refractivity contribution in [1.29, 1.82) is 0 Å². The molecule has 1 atom stereocenters. The number of hydrogen-bond acceptors (Lipinski definition) is 2. The Morgan fingerprint density at radius 2 is 2.21 bits per heavy atom. The van der Waals surface area contributed by atoms with Crippen LogP contribution in [0.3, 0.4) is 0 Å². The number of likely N-dealkylation sites (tertiary alicyclic amines) is 1. The third-order valence-corrected chi connectivity index (χ3v) is 2.87. The molecule has 1 aliphatic heterocycles. The van der Waals surface area contributed by atoms with E-state index in [0.29, 0.717) is 0 Å². The van der Waals surface area contributed by atoms with Crippen molar-refractivity contribution < 1.29 is 0 Å². The normalized spacial score (nSPS) is 19.0. The van der Waals surface area contributed by atoms with Crippen LogP contribution in [0.25, 0.3) is 0 Å². The second kappa shape index (κ2) is 4.11. The number of nitrogens with zero attached hydrogens (tertiary/aromatic N) is 1. The van der Waals surface area contributed by atoms with Crippen LogP contribution in [-0.2, 0) is 0 Å². The molecule has 0 saturated carbocycles. The van der Waals surface area contributed by atoms with E-state index in [0.717, 1.165) is 6.54 Å². The second-order valence-corrected chi connectivity index (χ2v) is 4.17. The lowest BCUT2D eigenvalue weighted by Gasteiger charge is -2.33. The molecule has 0 radical (unpaired) electrons. The summed E-state index contributed by atoms with van der Waals surface area (Å²) < 4.78 is 0. The third kappa shape index (κ3) is 2.14. The van der Waals surface area contributed by atoms with Gasteiger partial charge in [0.05, 0.1) is 0 Å². The van der Waals surface area contributed by atoms with Gasteiger partial charge in [-0.05, 0) is 32.0 Å². The van der Waals surface area contributed by atoms with Gasteiger partial charge in [-0.15, -0.1) is 0 Å². The van der Waals surface area contributed by atoms with E-state index < -0.39 is 0 Å². The van der Waals surface area contributed by atoms with E-state index in [4.69, 9.17) is 5.73 Å². The van der Waals surface area contributed by atoms with Crippen LogP contribution in [0.1, 0.15) is 23.6 Å². The Kier molecular flexibility index (Phi) is 2.85. The van der Waals surface area contributed by atoms with Gasteiger partial charge in [0.15, 0.2) is 0 Å². The van der Waals surface area contributed by atoms with Crippen molar-refractivity contribution in [1.82, 2.24) is 4.90 Å². The van der Waals surface area contributed by atoms with Gasteiger partial charge in [-0.2, -0.15) is 0 Å². The summed E-state index contributed by atoms with van der Waals surface area (Å²) in [7, 11) is 0. The summed E-state index contributed by atoms with van der Waals surface area (Å²) in [5.41, 5.74) is 8.69. The Morgan fingerprint density at radius 1 is 1.43 bits per heavy atom. The van der Waals surface area contributed by atoms with Gasteiger partial charge in [0.2, 0.25) is 0 Å². The molecule has 1 aromatic carbocycles. The fourth-order valence-corrected chi connectivity index (χ4v) is 1.85. The molecule has 0 amide bonds. The van der Waals surface area contributed by atoms with Crippen LogP contribution in [0, 0.1) is 6.92 Å². The predicted molar refractivity (Wildman–Crippen MR) is 59.2 cm³/mol. The summed E-state index contributed by atoms with van der Waals surface area (Å²) in [5, 5.41) is 0. The van der Waals surface area contributed by atoms with Gasteiger partial charge in [-0.25, -0.2) is 0 Å². The lowest BCUT2D eigenvalue weighted by atomic mass is 10.0. The molecule has 76 valence electrons. The number of rotatable bonds is 3. The summed E-state index contributed by atoms with van der Waals surface area (Å²) in [4.78, 5) is 2.41. The Bertz CT molecular complexity index is 305. The van der Waals surface area contributed by atoms with E-state index >= 15 is 0 Å². The molecule has 1 saturated heterocycles. The SMILES string of the molecule is Cc1cccc(C(N)CN2CCC2)c1. The first-order chi connectivity index (χ1) is 6.75. The van der Waals surface area contributed by atoms with E-state index in [-0.39, 0.29) is 6.04 Å². The van der Waals surface area contributed by atoms with Gasteiger partial charge in [0.1, 0.15) is 0 Å². The topological polar surface area (TPSA) is 29.3 Å². The molecule has 1 heterocycles. The molecule has 14 heavy (non-hydrogen) atoms. The average Bonchev–Trinajstić information content (AvgIpc) is 2.11. The average molecular weight is 190 g/mol. The minimum atomic E-state index is 0.176. The van der Waals surface area contributed by atoms with Crippen LogP contribution in [0.15, 0.2) is 24.3 Å². The maximum absolute atomic E-state index is 6.13. The predicted octanol–water partition coefficient (Wildman–Crippen LogP) is 1.70. The Morgan fingerprint density at radius 3 is 2.79 bits per heavy atom. The molecule has 2 N–H and O–H groups in total.